The van der Waals surface area contributed by atoms with Gasteiger partial charge in [0.1, 0.15) is 29.4 Å². The molecule has 0 unspecified atom stereocenters. The van der Waals surface area contributed by atoms with Crippen molar-refractivity contribution in [3.05, 3.63) is 116 Å². The van der Waals surface area contributed by atoms with Crippen LogP contribution in [0.1, 0.15) is 43.2 Å². The number of amides is 1. The number of carbonyl (C=O) groups is 1. The van der Waals surface area contributed by atoms with E-state index in [9.17, 15) is 19.5 Å². The molecule has 1 aliphatic heterocycles. The fraction of sp³-hybridized carbons (Fsp3) is 0.314. The van der Waals surface area contributed by atoms with Gasteiger partial charge in [0.15, 0.2) is 11.2 Å². The molecule has 2 aromatic heterocycles. The molecule has 1 aliphatic rings. The van der Waals surface area contributed by atoms with E-state index < -0.39 is 35.3 Å². The molecule has 4 N–H and O–H groups in total. The summed E-state index contributed by atoms with van der Waals surface area (Å²) in [6, 6.07) is 24.8. The maximum atomic E-state index is 13.1. The van der Waals surface area contributed by atoms with Crippen LogP contribution in [0.5, 0.6) is 11.5 Å². The molecule has 250 valence electrons. The predicted octanol–water partition coefficient (Wildman–Crippen LogP) is 3.68. The van der Waals surface area contributed by atoms with Gasteiger partial charge in [-0.1, -0.05) is 68.4 Å². The summed E-state index contributed by atoms with van der Waals surface area (Å²) in [4.78, 5) is 47.5. The summed E-state index contributed by atoms with van der Waals surface area (Å²) in [5.74, 6) is 0.520. The van der Waals surface area contributed by atoms with Crippen molar-refractivity contribution >= 4 is 23.0 Å². The van der Waals surface area contributed by atoms with Crippen molar-refractivity contribution in [1.82, 2.24) is 19.5 Å². The second kappa shape index (κ2) is 13.5. The molecule has 0 bridgehead atoms. The number of ether oxygens (including phenoxy) is 4. The summed E-state index contributed by atoms with van der Waals surface area (Å²) in [6.45, 7) is 3.32. The number of hydrogen-bond donors (Lipinski definition) is 4. The van der Waals surface area contributed by atoms with Crippen LogP contribution in [0.25, 0.3) is 11.2 Å². The number of anilines is 1. The molecule has 13 heteroatoms. The van der Waals surface area contributed by atoms with Crippen molar-refractivity contribution in [1.29, 1.82) is 0 Å². The van der Waals surface area contributed by atoms with Crippen molar-refractivity contribution < 1.29 is 28.8 Å². The van der Waals surface area contributed by atoms with Gasteiger partial charge in [0.05, 0.1) is 26.9 Å². The third kappa shape index (κ3) is 6.10. The summed E-state index contributed by atoms with van der Waals surface area (Å²) in [7, 11) is 3.20. The topological polar surface area (TPSA) is 170 Å². The molecule has 0 spiro atoms. The average molecular weight is 656 g/mol. The lowest BCUT2D eigenvalue weighted by molar-refractivity contribution is -0.118. The predicted molar refractivity (Wildman–Crippen MR) is 177 cm³/mol. The van der Waals surface area contributed by atoms with Crippen LogP contribution in [-0.2, 0) is 19.9 Å². The number of aliphatic hydroxyl groups excluding tert-OH is 1. The number of nitrogens with zero attached hydrogens (tertiary/aromatic N) is 2. The van der Waals surface area contributed by atoms with Crippen LogP contribution < -0.4 is 26.0 Å². The number of aromatic amines is 2. The zero-order chi connectivity index (χ0) is 34.0. The molecule has 3 aromatic carbocycles. The van der Waals surface area contributed by atoms with E-state index >= 15 is 0 Å². The highest BCUT2D eigenvalue weighted by Crippen LogP contribution is 2.42. The van der Waals surface area contributed by atoms with Crippen LogP contribution >= 0.6 is 0 Å². The van der Waals surface area contributed by atoms with Crippen LogP contribution in [-0.4, -0.2) is 63.6 Å². The van der Waals surface area contributed by atoms with Gasteiger partial charge in [0.2, 0.25) is 11.9 Å². The second-order valence-corrected chi connectivity index (χ2v) is 11.8. The van der Waals surface area contributed by atoms with Gasteiger partial charge >= 0.3 is 5.69 Å². The molecule has 6 rings (SSSR count). The van der Waals surface area contributed by atoms with Gasteiger partial charge in [0, 0.05) is 12.3 Å². The van der Waals surface area contributed by atoms with Gasteiger partial charge in [-0.05, 0) is 41.0 Å². The Morgan fingerprint density at radius 1 is 0.958 bits per heavy atom. The van der Waals surface area contributed by atoms with E-state index in [0.29, 0.717) is 11.5 Å². The number of methoxy groups -OCH3 is 2. The summed E-state index contributed by atoms with van der Waals surface area (Å²) >= 11 is 0. The average Bonchev–Trinajstić information content (AvgIpc) is 3.63. The van der Waals surface area contributed by atoms with Crippen molar-refractivity contribution in [2.24, 2.45) is 5.92 Å². The second-order valence-electron chi connectivity index (χ2n) is 11.8. The molecule has 1 amide bonds. The third-order valence-electron chi connectivity index (χ3n) is 8.47. The first-order chi connectivity index (χ1) is 23.1. The molecule has 3 heterocycles. The zero-order valence-electron chi connectivity index (χ0n) is 26.9. The van der Waals surface area contributed by atoms with Crippen LogP contribution in [0.15, 0.2) is 88.5 Å². The first-order valence-electron chi connectivity index (χ1n) is 15.5. The Labute approximate surface area is 275 Å². The lowest BCUT2D eigenvalue weighted by Crippen LogP contribution is -2.38. The zero-order valence-corrected chi connectivity index (χ0v) is 26.9. The molecule has 0 aliphatic carbocycles. The van der Waals surface area contributed by atoms with Crippen molar-refractivity contribution in [3.8, 4) is 11.5 Å². The number of imidazole rings is 1. The smallest absolute Gasteiger partial charge is 0.329 e. The van der Waals surface area contributed by atoms with E-state index in [1.165, 1.54) is 4.57 Å². The van der Waals surface area contributed by atoms with Crippen molar-refractivity contribution in [3.63, 3.8) is 0 Å². The number of H-pyrrole nitrogens is 2. The quantitative estimate of drug-likeness (QED) is 0.155. The monoisotopic (exact) mass is 655 g/mol. The number of fused-ring (bicyclic) bond motifs is 1. The fourth-order valence-electron chi connectivity index (χ4n) is 5.90. The number of aromatic nitrogens is 4. The molecule has 5 aromatic rings. The van der Waals surface area contributed by atoms with E-state index in [1.54, 1.807) is 28.1 Å². The van der Waals surface area contributed by atoms with Crippen molar-refractivity contribution in [2.45, 2.75) is 44.3 Å². The molecule has 0 radical (unpaired) electrons. The maximum Gasteiger partial charge on any atom is 0.329 e. The SMILES string of the molecule is COc1ccc(C(OC[C@H]2O[C@@H](n3c(=O)[nH]c4c(=O)[nH]c(NC(=O)C(C)C)nc43)C[C@@H]2O)(c2ccccc2)c2ccc(OC)cc2)cc1. The summed E-state index contributed by atoms with van der Waals surface area (Å²) in [5.41, 5.74) is -0.108. The number of rotatable bonds is 11. The first-order valence-corrected chi connectivity index (χ1v) is 15.5. The van der Waals surface area contributed by atoms with E-state index in [2.05, 4.69) is 20.3 Å². The number of benzene rings is 3. The standard InChI is InChI=1S/C35H37N5O8/c1-20(2)31(42)38-33-37-30-29(32(43)39-33)36-34(44)40(30)28-18-26(41)27(48-28)19-47-35(21-8-6-5-7-9-21,22-10-14-24(45-3)15-11-22)23-12-16-25(46-4)17-13-23/h5-17,20,26-28,41H,18-19H2,1-4H3,(H,36,44)(H2,37,38,39,42,43)/t26-,27+,28+/m0/s1. The Morgan fingerprint density at radius 3 is 2.10 bits per heavy atom. The number of hydrogen-bond acceptors (Lipinski definition) is 9. The molecular formula is C35H37N5O8. The molecule has 1 fully saturated rings. The van der Waals surface area contributed by atoms with E-state index in [4.69, 9.17) is 18.9 Å². The van der Waals surface area contributed by atoms with Gasteiger partial charge in [0.25, 0.3) is 5.56 Å². The lowest BCUT2D eigenvalue weighted by Gasteiger charge is -2.37. The minimum absolute atomic E-state index is 0.0170. The van der Waals surface area contributed by atoms with E-state index in [0.717, 1.165) is 16.7 Å². The van der Waals surface area contributed by atoms with Crippen LogP contribution in [0.2, 0.25) is 0 Å². The van der Waals surface area contributed by atoms with Crippen LogP contribution in [0.3, 0.4) is 0 Å². The van der Waals surface area contributed by atoms with Gasteiger partial charge in [-0.15, -0.1) is 0 Å². The van der Waals surface area contributed by atoms with Gasteiger partial charge in [-0.2, -0.15) is 4.98 Å². The molecule has 0 saturated carbocycles. The Kier molecular flexibility index (Phi) is 9.18. The van der Waals surface area contributed by atoms with Crippen LogP contribution in [0.4, 0.5) is 5.95 Å². The fourth-order valence-corrected chi connectivity index (χ4v) is 5.90. The van der Waals surface area contributed by atoms with Crippen molar-refractivity contribution in [2.75, 3.05) is 26.1 Å². The minimum atomic E-state index is -1.16. The number of aliphatic hydroxyl groups is 1. The Bertz CT molecular complexity index is 1950. The van der Waals surface area contributed by atoms with Gasteiger partial charge in [-0.25, -0.2) is 9.36 Å². The van der Waals surface area contributed by atoms with Gasteiger partial charge in [-0.3, -0.25) is 24.9 Å². The molecule has 1 saturated heterocycles. The lowest BCUT2D eigenvalue weighted by atomic mass is 9.80. The van der Waals surface area contributed by atoms with E-state index in [-0.39, 0.29) is 42.0 Å². The highest BCUT2D eigenvalue weighted by molar-refractivity contribution is 5.91. The Hall–Kier alpha value is -5.24. The van der Waals surface area contributed by atoms with Gasteiger partial charge < -0.3 is 24.1 Å². The first kappa shape index (κ1) is 32.7. The Morgan fingerprint density at radius 2 is 1.54 bits per heavy atom. The van der Waals surface area contributed by atoms with Crippen LogP contribution in [0, 0.1) is 5.92 Å². The minimum Gasteiger partial charge on any atom is -0.497 e. The number of carbonyl (C=O) groups excluding carboxylic acids is 1. The number of nitrogens with one attached hydrogen (secondary N) is 3. The summed E-state index contributed by atoms with van der Waals surface area (Å²) < 4.78 is 25.2. The molecule has 3 atom stereocenters. The highest BCUT2D eigenvalue weighted by atomic mass is 16.6. The third-order valence-corrected chi connectivity index (χ3v) is 8.47. The Balaban J connectivity index is 1.36. The normalized spacial score (nSPS) is 17.9. The maximum absolute atomic E-state index is 13.1. The largest absolute Gasteiger partial charge is 0.497 e. The highest BCUT2D eigenvalue weighted by Gasteiger charge is 2.42. The summed E-state index contributed by atoms with van der Waals surface area (Å²) in [5, 5.41) is 13.8. The molecule has 48 heavy (non-hydrogen) atoms. The van der Waals surface area contributed by atoms with E-state index in [1.807, 2.05) is 78.9 Å². The summed E-state index contributed by atoms with van der Waals surface area (Å²) in [6.07, 6.45) is -2.86. The molecule has 13 nitrogen and oxygen atoms in total. The molecular weight excluding hydrogens is 618 g/mol.